The number of hydrogen-bond donors (Lipinski definition) is 2. The molecular formula is C17H14F3N3O3. The summed E-state index contributed by atoms with van der Waals surface area (Å²) in [5.74, 6) is -5.86. The number of carbonyl (C=O) groups is 3. The Kier molecular flexibility index (Phi) is 4.79. The van der Waals surface area contributed by atoms with Crippen LogP contribution in [0.15, 0.2) is 24.3 Å². The van der Waals surface area contributed by atoms with E-state index in [-0.39, 0.29) is 29.5 Å². The van der Waals surface area contributed by atoms with Crippen LogP contribution in [0.5, 0.6) is 0 Å². The SMILES string of the molecule is O=Cc1ccc(C(=O)N2CC[C@H](C(=O)Nc3cc(F)c(F)c(F)c3)C2)[nH]1. The summed E-state index contributed by atoms with van der Waals surface area (Å²) >= 11 is 0. The van der Waals surface area contributed by atoms with Crippen LogP contribution in [-0.4, -0.2) is 41.1 Å². The fourth-order valence-electron chi connectivity index (χ4n) is 2.81. The van der Waals surface area contributed by atoms with Gasteiger partial charge in [0, 0.05) is 30.9 Å². The van der Waals surface area contributed by atoms with E-state index in [9.17, 15) is 27.6 Å². The third kappa shape index (κ3) is 3.46. The molecule has 0 bridgehead atoms. The van der Waals surface area contributed by atoms with E-state index in [0.29, 0.717) is 31.4 Å². The molecule has 2 amide bonds. The number of nitrogens with zero attached hydrogens (tertiary/aromatic N) is 1. The molecule has 0 radical (unpaired) electrons. The number of halogens is 3. The van der Waals surface area contributed by atoms with Crippen molar-refractivity contribution in [3.05, 3.63) is 53.1 Å². The normalized spacial score (nSPS) is 16.6. The Morgan fingerprint density at radius 3 is 2.50 bits per heavy atom. The maximum absolute atomic E-state index is 13.2. The van der Waals surface area contributed by atoms with Gasteiger partial charge in [0.1, 0.15) is 5.69 Å². The molecular weight excluding hydrogens is 351 g/mol. The topological polar surface area (TPSA) is 82.3 Å². The van der Waals surface area contributed by atoms with Gasteiger partial charge in [-0.15, -0.1) is 0 Å². The minimum Gasteiger partial charge on any atom is -0.348 e. The molecule has 1 aliphatic rings. The van der Waals surface area contributed by atoms with Crippen molar-refractivity contribution in [2.45, 2.75) is 6.42 Å². The summed E-state index contributed by atoms with van der Waals surface area (Å²) in [5, 5.41) is 2.33. The Bertz CT molecular complexity index is 858. The Labute approximate surface area is 146 Å². The maximum atomic E-state index is 13.2. The number of nitrogens with one attached hydrogen (secondary N) is 2. The lowest BCUT2D eigenvalue weighted by Gasteiger charge is -2.16. The molecule has 6 nitrogen and oxygen atoms in total. The molecule has 1 saturated heterocycles. The number of aromatic nitrogens is 1. The smallest absolute Gasteiger partial charge is 0.270 e. The molecule has 136 valence electrons. The molecule has 26 heavy (non-hydrogen) atoms. The van der Waals surface area contributed by atoms with E-state index in [1.54, 1.807) is 0 Å². The van der Waals surface area contributed by atoms with Gasteiger partial charge in [-0.1, -0.05) is 0 Å². The highest BCUT2D eigenvalue weighted by atomic mass is 19.2. The van der Waals surface area contributed by atoms with E-state index in [1.807, 2.05) is 0 Å². The lowest BCUT2D eigenvalue weighted by molar-refractivity contribution is -0.119. The molecule has 0 unspecified atom stereocenters. The van der Waals surface area contributed by atoms with Crippen molar-refractivity contribution in [3.8, 4) is 0 Å². The highest BCUT2D eigenvalue weighted by Gasteiger charge is 2.32. The first-order chi connectivity index (χ1) is 12.4. The zero-order valence-electron chi connectivity index (χ0n) is 13.4. The first-order valence-electron chi connectivity index (χ1n) is 7.78. The predicted molar refractivity (Wildman–Crippen MR) is 85.1 cm³/mol. The van der Waals surface area contributed by atoms with Gasteiger partial charge in [-0.05, 0) is 18.6 Å². The summed E-state index contributed by atoms with van der Waals surface area (Å²) in [6.45, 7) is 0.435. The van der Waals surface area contributed by atoms with E-state index in [0.717, 1.165) is 0 Å². The van der Waals surface area contributed by atoms with Crippen molar-refractivity contribution in [1.29, 1.82) is 0 Å². The highest BCUT2D eigenvalue weighted by Crippen LogP contribution is 2.22. The van der Waals surface area contributed by atoms with Crippen LogP contribution in [0, 0.1) is 23.4 Å². The Morgan fingerprint density at radius 2 is 1.88 bits per heavy atom. The molecule has 2 aromatic rings. The number of benzene rings is 1. The zero-order valence-corrected chi connectivity index (χ0v) is 13.4. The van der Waals surface area contributed by atoms with Crippen LogP contribution in [0.3, 0.4) is 0 Å². The largest absolute Gasteiger partial charge is 0.348 e. The molecule has 0 saturated carbocycles. The lowest BCUT2D eigenvalue weighted by Crippen LogP contribution is -2.31. The van der Waals surface area contributed by atoms with Crippen LogP contribution >= 0.6 is 0 Å². The fourth-order valence-corrected chi connectivity index (χ4v) is 2.81. The van der Waals surface area contributed by atoms with Crippen molar-refractivity contribution < 1.29 is 27.6 Å². The number of aromatic amines is 1. The van der Waals surface area contributed by atoms with Gasteiger partial charge < -0.3 is 15.2 Å². The lowest BCUT2D eigenvalue weighted by atomic mass is 10.1. The number of H-pyrrole nitrogens is 1. The molecule has 1 fully saturated rings. The van der Waals surface area contributed by atoms with E-state index < -0.39 is 29.3 Å². The number of likely N-dealkylation sites (tertiary alicyclic amines) is 1. The van der Waals surface area contributed by atoms with E-state index in [2.05, 4.69) is 10.3 Å². The number of aldehydes is 1. The summed E-state index contributed by atoms with van der Waals surface area (Å²) < 4.78 is 39.4. The second kappa shape index (κ2) is 7.03. The third-order valence-corrected chi connectivity index (χ3v) is 4.16. The van der Waals surface area contributed by atoms with Gasteiger partial charge in [-0.25, -0.2) is 13.2 Å². The summed E-state index contributed by atoms with van der Waals surface area (Å²) in [6.07, 6.45) is 0.947. The highest BCUT2D eigenvalue weighted by molar-refractivity contribution is 5.96. The van der Waals surface area contributed by atoms with Gasteiger partial charge in [0.2, 0.25) is 5.91 Å². The first kappa shape index (κ1) is 17.7. The number of anilines is 1. The number of amides is 2. The fraction of sp³-hybridized carbons (Fsp3) is 0.235. The third-order valence-electron chi connectivity index (χ3n) is 4.16. The molecule has 0 aliphatic carbocycles. The Hall–Kier alpha value is -3.10. The van der Waals surface area contributed by atoms with Crippen molar-refractivity contribution in [2.75, 3.05) is 18.4 Å². The summed E-state index contributed by atoms with van der Waals surface area (Å²) in [5.41, 5.74) is 0.300. The van der Waals surface area contributed by atoms with Gasteiger partial charge in [0.25, 0.3) is 5.91 Å². The summed E-state index contributed by atoms with van der Waals surface area (Å²) in [7, 11) is 0. The molecule has 1 aliphatic heterocycles. The molecule has 1 atom stereocenters. The van der Waals surface area contributed by atoms with Crippen LogP contribution in [0.4, 0.5) is 18.9 Å². The second-order valence-corrected chi connectivity index (χ2v) is 5.93. The van der Waals surface area contributed by atoms with Crippen LogP contribution in [0.1, 0.15) is 27.4 Å². The van der Waals surface area contributed by atoms with E-state index >= 15 is 0 Å². The molecule has 9 heteroatoms. The summed E-state index contributed by atoms with van der Waals surface area (Å²) in [6, 6.07) is 4.32. The van der Waals surface area contributed by atoms with Gasteiger partial charge in [0.05, 0.1) is 11.6 Å². The van der Waals surface area contributed by atoms with Crippen LogP contribution < -0.4 is 5.32 Å². The maximum Gasteiger partial charge on any atom is 0.270 e. The standard InChI is InChI=1S/C17H14F3N3O3/c18-12-5-11(6-13(19)15(12)20)22-16(25)9-3-4-23(7-9)17(26)14-2-1-10(8-24)21-14/h1-2,5-6,8-9,21H,3-4,7H2,(H,22,25)/t9-/m0/s1. The number of rotatable bonds is 4. The predicted octanol–water partition coefficient (Wildman–Crippen LogP) is 2.35. The van der Waals surface area contributed by atoms with Crippen molar-refractivity contribution >= 4 is 23.8 Å². The van der Waals surface area contributed by atoms with Gasteiger partial charge >= 0.3 is 0 Å². The Balaban J connectivity index is 1.63. The molecule has 1 aromatic carbocycles. The zero-order chi connectivity index (χ0) is 18.8. The minimum absolute atomic E-state index is 0.117. The summed E-state index contributed by atoms with van der Waals surface area (Å²) in [4.78, 5) is 39.3. The first-order valence-corrected chi connectivity index (χ1v) is 7.78. The molecule has 1 aromatic heterocycles. The number of carbonyl (C=O) groups excluding carboxylic acids is 3. The average molecular weight is 365 g/mol. The second-order valence-electron chi connectivity index (χ2n) is 5.93. The van der Waals surface area contributed by atoms with Crippen molar-refractivity contribution in [3.63, 3.8) is 0 Å². The average Bonchev–Trinajstić information content (AvgIpc) is 3.28. The molecule has 2 N–H and O–H groups in total. The minimum atomic E-state index is -1.61. The number of hydrogen-bond acceptors (Lipinski definition) is 3. The van der Waals surface area contributed by atoms with Gasteiger partial charge in [0.15, 0.2) is 23.7 Å². The molecule has 2 heterocycles. The van der Waals surface area contributed by atoms with Crippen LogP contribution in [0.2, 0.25) is 0 Å². The van der Waals surface area contributed by atoms with Crippen LogP contribution in [0.25, 0.3) is 0 Å². The Morgan fingerprint density at radius 1 is 1.19 bits per heavy atom. The van der Waals surface area contributed by atoms with Crippen LogP contribution in [-0.2, 0) is 4.79 Å². The molecule has 0 spiro atoms. The van der Waals surface area contributed by atoms with E-state index in [1.165, 1.54) is 17.0 Å². The van der Waals surface area contributed by atoms with Crippen molar-refractivity contribution in [1.82, 2.24) is 9.88 Å². The van der Waals surface area contributed by atoms with Gasteiger partial charge in [-0.3, -0.25) is 14.4 Å². The quantitative estimate of drug-likeness (QED) is 0.645. The monoisotopic (exact) mass is 365 g/mol. The van der Waals surface area contributed by atoms with Crippen molar-refractivity contribution in [2.24, 2.45) is 5.92 Å². The van der Waals surface area contributed by atoms with E-state index in [4.69, 9.17) is 0 Å². The van der Waals surface area contributed by atoms with Gasteiger partial charge in [-0.2, -0.15) is 0 Å². The molecule has 3 rings (SSSR count).